The van der Waals surface area contributed by atoms with Crippen LogP contribution in [0, 0.1) is 0 Å². The van der Waals surface area contributed by atoms with Crippen molar-refractivity contribution in [2.24, 2.45) is 0 Å². The van der Waals surface area contributed by atoms with E-state index in [0.29, 0.717) is 0 Å². The van der Waals surface area contributed by atoms with Crippen LogP contribution >= 0.6 is 11.8 Å². The van der Waals surface area contributed by atoms with Gasteiger partial charge in [-0.25, -0.2) is 9.97 Å². The summed E-state index contributed by atoms with van der Waals surface area (Å²) in [6.45, 7) is 0.764. The second kappa shape index (κ2) is 4.64. The van der Waals surface area contributed by atoms with Crippen molar-refractivity contribution in [2.45, 2.75) is 16.5 Å². The molecule has 6 heteroatoms. The van der Waals surface area contributed by atoms with Gasteiger partial charge in [-0.2, -0.15) is 5.10 Å². The summed E-state index contributed by atoms with van der Waals surface area (Å²) < 4.78 is 1.91. The van der Waals surface area contributed by atoms with Gasteiger partial charge in [0.05, 0.1) is 12.2 Å². The molecule has 1 aliphatic rings. The van der Waals surface area contributed by atoms with Gasteiger partial charge >= 0.3 is 0 Å². The van der Waals surface area contributed by atoms with Gasteiger partial charge < -0.3 is 5.32 Å². The van der Waals surface area contributed by atoms with Gasteiger partial charge in [0, 0.05) is 29.7 Å². The molecule has 0 amide bonds. The van der Waals surface area contributed by atoms with Gasteiger partial charge in [0.15, 0.2) is 5.82 Å². The molecule has 5 nitrogen and oxygen atoms in total. The van der Waals surface area contributed by atoms with Crippen LogP contribution in [0.4, 0.5) is 11.5 Å². The summed E-state index contributed by atoms with van der Waals surface area (Å²) in [4.78, 5) is 9.81. The van der Waals surface area contributed by atoms with Gasteiger partial charge in [0.1, 0.15) is 5.03 Å². The Bertz CT molecular complexity index is 754. The molecule has 1 aliphatic heterocycles. The van der Waals surface area contributed by atoms with E-state index in [0.717, 1.165) is 23.1 Å². The molecule has 98 valence electrons. The third kappa shape index (κ3) is 2.04. The molecule has 3 aromatic rings. The molecular formula is C14H11N5S. The van der Waals surface area contributed by atoms with Crippen LogP contribution in [0.15, 0.2) is 59.0 Å². The standard InChI is InChI=1S/C14H11N5S/c1-4-17-19(7-1)9-10-2-3-12-11(8-10)18-13-14(20-12)16-6-5-15-13/h1-8H,9H2,(H,15,18). The number of rotatable bonds is 2. The Balaban J connectivity index is 1.66. The number of nitrogens with zero attached hydrogens (tertiary/aromatic N) is 4. The number of hydrogen-bond donors (Lipinski definition) is 1. The first-order valence-corrected chi connectivity index (χ1v) is 7.06. The maximum absolute atomic E-state index is 4.33. The minimum Gasteiger partial charge on any atom is -0.337 e. The van der Waals surface area contributed by atoms with Crippen molar-refractivity contribution in [1.82, 2.24) is 19.7 Å². The lowest BCUT2D eigenvalue weighted by atomic mass is 10.2. The van der Waals surface area contributed by atoms with E-state index in [1.165, 1.54) is 10.5 Å². The number of benzene rings is 1. The molecule has 2 aromatic heterocycles. The molecule has 1 aromatic carbocycles. The second-order valence-electron chi connectivity index (χ2n) is 4.47. The van der Waals surface area contributed by atoms with E-state index in [2.05, 4.69) is 38.6 Å². The highest BCUT2D eigenvalue weighted by Gasteiger charge is 2.17. The molecule has 0 saturated carbocycles. The first-order chi connectivity index (χ1) is 9.88. The Labute approximate surface area is 120 Å². The van der Waals surface area contributed by atoms with Gasteiger partial charge in [0.2, 0.25) is 0 Å². The Morgan fingerprint density at radius 2 is 2.10 bits per heavy atom. The smallest absolute Gasteiger partial charge is 0.163 e. The first-order valence-electron chi connectivity index (χ1n) is 6.25. The SMILES string of the molecule is c1cnn(Cc2ccc3c(c2)Nc2nccnc2S3)c1. The van der Waals surface area contributed by atoms with Crippen LogP contribution < -0.4 is 5.32 Å². The van der Waals surface area contributed by atoms with E-state index in [1.807, 2.05) is 16.9 Å². The topological polar surface area (TPSA) is 55.6 Å². The summed E-state index contributed by atoms with van der Waals surface area (Å²) in [5.41, 5.74) is 2.28. The van der Waals surface area contributed by atoms with Crippen LogP contribution in [-0.4, -0.2) is 19.7 Å². The van der Waals surface area contributed by atoms with Crippen molar-refractivity contribution in [3.63, 3.8) is 0 Å². The van der Waals surface area contributed by atoms with Gasteiger partial charge in [0.25, 0.3) is 0 Å². The minimum atomic E-state index is 0.764. The van der Waals surface area contributed by atoms with E-state index >= 15 is 0 Å². The summed E-state index contributed by atoms with van der Waals surface area (Å²) in [5.74, 6) is 0.821. The molecule has 20 heavy (non-hydrogen) atoms. The Kier molecular flexibility index (Phi) is 2.67. The summed E-state index contributed by atoms with van der Waals surface area (Å²) in [6.07, 6.45) is 7.16. The van der Waals surface area contributed by atoms with Crippen LogP contribution in [-0.2, 0) is 6.54 Å². The zero-order chi connectivity index (χ0) is 13.4. The van der Waals surface area contributed by atoms with E-state index in [4.69, 9.17) is 0 Å². The molecule has 0 radical (unpaired) electrons. The van der Waals surface area contributed by atoms with Gasteiger partial charge in [-0.05, 0) is 23.8 Å². The molecule has 3 heterocycles. The lowest BCUT2D eigenvalue weighted by Crippen LogP contribution is -2.05. The lowest BCUT2D eigenvalue weighted by molar-refractivity contribution is 0.686. The normalized spacial score (nSPS) is 12.4. The Morgan fingerprint density at radius 3 is 3.00 bits per heavy atom. The quantitative estimate of drug-likeness (QED) is 0.612. The molecule has 0 bridgehead atoms. The summed E-state index contributed by atoms with van der Waals surface area (Å²) in [7, 11) is 0. The maximum Gasteiger partial charge on any atom is 0.163 e. The van der Waals surface area contributed by atoms with Crippen molar-refractivity contribution < 1.29 is 0 Å². The monoisotopic (exact) mass is 281 g/mol. The molecule has 0 saturated heterocycles. The van der Waals surface area contributed by atoms with Crippen molar-refractivity contribution in [2.75, 3.05) is 5.32 Å². The molecule has 1 N–H and O–H groups in total. The summed E-state index contributed by atoms with van der Waals surface area (Å²) >= 11 is 1.64. The van der Waals surface area contributed by atoms with E-state index in [9.17, 15) is 0 Å². The Morgan fingerprint density at radius 1 is 1.15 bits per heavy atom. The molecule has 0 spiro atoms. The highest BCUT2D eigenvalue weighted by molar-refractivity contribution is 7.99. The van der Waals surface area contributed by atoms with Crippen molar-refractivity contribution in [1.29, 1.82) is 0 Å². The fourth-order valence-electron chi connectivity index (χ4n) is 2.16. The highest BCUT2D eigenvalue weighted by Crippen LogP contribution is 2.41. The lowest BCUT2D eigenvalue weighted by Gasteiger charge is -2.19. The number of aromatic nitrogens is 4. The zero-order valence-corrected chi connectivity index (χ0v) is 11.3. The van der Waals surface area contributed by atoms with Crippen LogP contribution in [0.5, 0.6) is 0 Å². The molecule has 0 unspecified atom stereocenters. The maximum atomic E-state index is 4.33. The highest BCUT2D eigenvalue weighted by atomic mass is 32.2. The predicted octanol–water partition coefficient (Wildman–Crippen LogP) is 2.93. The first kappa shape index (κ1) is 11.5. The fraction of sp³-hybridized carbons (Fsp3) is 0.0714. The summed E-state index contributed by atoms with van der Waals surface area (Å²) in [5, 5.41) is 8.48. The molecule has 4 rings (SSSR count). The third-order valence-electron chi connectivity index (χ3n) is 3.07. The van der Waals surface area contributed by atoms with Gasteiger partial charge in [-0.15, -0.1) is 0 Å². The van der Waals surface area contributed by atoms with Crippen LogP contribution in [0.25, 0.3) is 0 Å². The predicted molar refractivity (Wildman–Crippen MR) is 77.2 cm³/mol. The van der Waals surface area contributed by atoms with Crippen molar-refractivity contribution in [3.8, 4) is 0 Å². The molecule has 0 fully saturated rings. The molecule has 0 aliphatic carbocycles. The number of anilines is 2. The second-order valence-corrected chi connectivity index (χ2v) is 5.50. The Hall–Kier alpha value is -2.34. The number of nitrogens with one attached hydrogen (secondary N) is 1. The largest absolute Gasteiger partial charge is 0.337 e. The van der Waals surface area contributed by atoms with E-state index in [1.54, 1.807) is 30.4 Å². The average Bonchev–Trinajstić information content (AvgIpc) is 2.98. The zero-order valence-electron chi connectivity index (χ0n) is 10.5. The number of hydrogen-bond acceptors (Lipinski definition) is 5. The molecule has 0 atom stereocenters. The average molecular weight is 281 g/mol. The van der Waals surface area contributed by atoms with Crippen molar-refractivity contribution >= 4 is 23.3 Å². The number of fused-ring (bicyclic) bond motifs is 2. The molecular weight excluding hydrogens is 270 g/mol. The van der Waals surface area contributed by atoms with E-state index in [-0.39, 0.29) is 0 Å². The summed E-state index contributed by atoms with van der Waals surface area (Å²) in [6, 6.07) is 8.31. The third-order valence-corrected chi connectivity index (χ3v) is 4.14. The van der Waals surface area contributed by atoms with Crippen molar-refractivity contribution in [3.05, 3.63) is 54.6 Å². The van der Waals surface area contributed by atoms with Crippen LogP contribution in [0.1, 0.15) is 5.56 Å². The fourth-order valence-corrected chi connectivity index (χ4v) is 3.04. The van der Waals surface area contributed by atoms with Gasteiger partial charge in [-0.1, -0.05) is 17.8 Å². The van der Waals surface area contributed by atoms with Crippen LogP contribution in [0.2, 0.25) is 0 Å². The minimum absolute atomic E-state index is 0.764. The van der Waals surface area contributed by atoms with Crippen LogP contribution in [0.3, 0.4) is 0 Å². The van der Waals surface area contributed by atoms with Gasteiger partial charge in [-0.3, -0.25) is 4.68 Å². The van der Waals surface area contributed by atoms with E-state index < -0.39 is 0 Å².